The molecule has 0 saturated heterocycles. The lowest BCUT2D eigenvalue weighted by molar-refractivity contribution is -0.117. The highest BCUT2D eigenvalue weighted by Gasteiger charge is 2.23. The first-order chi connectivity index (χ1) is 8.16. The minimum atomic E-state index is -0.611. The Balaban J connectivity index is 1.78. The normalized spacial score (nSPS) is 17.9. The van der Waals surface area contributed by atoms with Gasteiger partial charge < -0.3 is 10.4 Å². The fraction of sp³-hybridized carbons (Fsp3) is 0.462. The van der Waals surface area contributed by atoms with Crippen molar-refractivity contribution in [3.05, 3.63) is 34.0 Å². The van der Waals surface area contributed by atoms with Gasteiger partial charge in [-0.15, -0.1) is 0 Å². The Bertz CT molecular complexity index is 407. The van der Waals surface area contributed by atoms with Crippen LogP contribution in [0.25, 0.3) is 0 Å². The smallest absolute Gasteiger partial charge is 0.244 e. The van der Waals surface area contributed by atoms with Gasteiger partial charge in [-0.3, -0.25) is 4.79 Å². The number of hydrogen-bond donors (Lipinski definition) is 2. The number of allylic oxidation sites excluding steroid dienone is 1. The second-order valence-electron chi connectivity index (χ2n) is 4.48. The van der Waals surface area contributed by atoms with Crippen LogP contribution in [0.4, 0.5) is 0 Å². The summed E-state index contributed by atoms with van der Waals surface area (Å²) in [6.45, 7) is 2.26. The lowest BCUT2D eigenvalue weighted by Gasteiger charge is -2.09. The molecule has 2 N–H and O–H groups in total. The zero-order chi connectivity index (χ0) is 12.3. The van der Waals surface area contributed by atoms with Gasteiger partial charge in [-0.25, -0.2) is 0 Å². The Morgan fingerprint density at radius 1 is 1.71 bits per heavy atom. The predicted molar refractivity (Wildman–Crippen MR) is 68.8 cm³/mol. The number of rotatable bonds is 5. The summed E-state index contributed by atoms with van der Waals surface area (Å²) in [7, 11) is 0. The summed E-state index contributed by atoms with van der Waals surface area (Å²) in [5, 5.41) is 16.3. The van der Waals surface area contributed by atoms with Crippen LogP contribution >= 0.6 is 11.3 Å². The van der Waals surface area contributed by atoms with E-state index < -0.39 is 6.10 Å². The molecular formula is C13H17NO2S. The van der Waals surface area contributed by atoms with Crippen LogP contribution in [-0.2, 0) is 4.79 Å². The van der Waals surface area contributed by atoms with Crippen molar-refractivity contribution >= 4 is 17.2 Å². The van der Waals surface area contributed by atoms with E-state index in [2.05, 4.69) is 5.32 Å². The lowest BCUT2D eigenvalue weighted by Crippen LogP contribution is -2.26. The summed E-state index contributed by atoms with van der Waals surface area (Å²) in [6.07, 6.45) is 3.44. The molecule has 3 nitrogen and oxygen atoms in total. The molecule has 0 bridgehead atoms. The van der Waals surface area contributed by atoms with E-state index in [1.807, 2.05) is 23.8 Å². The van der Waals surface area contributed by atoms with Gasteiger partial charge >= 0.3 is 0 Å². The third kappa shape index (κ3) is 3.68. The number of carbonyl (C=O) groups excluding carboxylic acids is 1. The summed E-state index contributed by atoms with van der Waals surface area (Å²) < 4.78 is 0. The van der Waals surface area contributed by atoms with Crippen LogP contribution in [0.5, 0.6) is 0 Å². The van der Waals surface area contributed by atoms with E-state index in [0.717, 1.165) is 11.1 Å². The average Bonchev–Trinajstić information content (AvgIpc) is 3.02. The fourth-order valence-electron chi connectivity index (χ4n) is 1.69. The van der Waals surface area contributed by atoms with E-state index in [4.69, 9.17) is 0 Å². The first-order valence-corrected chi connectivity index (χ1v) is 6.77. The molecule has 17 heavy (non-hydrogen) atoms. The van der Waals surface area contributed by atoms with Crippen molar-refractivity contribution in [2.24, 2.45) is 5.92 Å². The van der Waals surface area contributed by atoms with E-state index in [1.165, 1.54) is 12.8 Å². The van der Waals surface area contributed by atoms with Gasteiger partial charge in [0, 0.05) is 12.6 Å². The Morgan fingerprint density at radius 2 is 2.47 bits per heavy atom. The SMILES string of the molecule is C/C(=C/C(=O)NCC(O)c1ccsc1)C1CC1. The van der Waals surface area contributed by atoms with Crippen molar-refractivity contribution in [3.63, 3.8) is 0 Å². The molecule has 4 heteroatoms. The quantitative estimate of drug-likeness (QED) is 0.789. The largest absolute Gasteiger partial charge is 0.387 e. The van der Waals surface area contributed by atoms with Gasteiger partial charge in [-0.05, 0) is 48.1 Å². The summed E-state index contributed by atoms with van der Waals surface area (Å²) in [5.74, 6) is 0.506. The van der Waals surface area contributed by atoms with Crippen molar-refractivity contribution in [1.82, 2.24) is 5.32 Å². The maximum Gasteiger partial charge on any atom is 0.244 e. The van der Waals surface area contributed by atoms with Gasteiger partial charge in [0.1, 0.15) is 0 Å². The minimum absolute atomic E-state index is 0.108. The third-order valence-corrected chi connectivity index (χ3v) is 3.68. The number of thiophene rings is 1. The molecule has 1 saturated carbocycles. The van der Waals surface area contributed by atoms with Crippen molar-refractivity contribution < 1.29 is 9.90 Å². The van der Waals surface area contributed by atoms with E-state index in [0.29, 0.717) is 5.92 Å². The van der Waals surface area contributed by atoms with Crippen molar-refractivity contribution in [2.75, 3.05) is 6.54 Å². The van der Waals surface area contributed by atoms with Crippen LogP contribution in [0.3, 0.4) is 0 Å². The first kappa shape index (κ1) is 12.3. The predicted octanol–water partition coefficient (Wildman–Crippen LogP) is 2.25. The average molecular weight is 251 g/mol. The van der Waals surface area contributed by atoms with E-state index in [9.17, 15) is 9.90 Å². The van der Waals surface area contributed by atoms with Gasteiger partial charge in [0.25, 0.3) is 0 Å². The van der Waals surface area contributed by atoms with Gasteiger partial charge in [-0.2, -0.15) is 11.3 Å². The van der Waals surface area contributed by atoms with Crippen LogP contribution in [-0.4, -0.2) is 17.6 Å². The van der Waals surface area contributed by atoms with E-state index >= 15 is 0 Å². The van der Waals surface area contributed by atoms with Crippen LogP contribution < -0.4 is 5.32 Å². The molecule has 1 amide bonds. The zero-order valence-corrected chi connectivity index (χ0v) is 10.7. The molecule has 1 aliphatic carbocycles. The van der Waals surface area contributed by atoms with Gasteiger partial charge in [0.15, 0.2) is 0 Å². The Kier molecular flexibility index (Phi) is 3.97. The highest BCUT2D eigenvalue weighted by Crippen LogP contribution is 2.35. The fourth-order valence-corrected chi connectivity index (χ4v) is 2.40. The monoisotopic (exact) mass is 251 g/mol. The van der Waals surface area contributed by atoms with Crippen molar-refractivity contribution in [3.8, 4) is 0 Å². The molecule has 92 valence electrons. The van der Waals surface area contributed by atoms with Crippen molar-refractivity contribution in [1.29, 1.82) is 0 Å². The molecule has 1 unspecified atom stereocenters. The molecule has 0 aromatic carbocycles. The molecule has 1 heterocycles. The molecule has 0 spiro atoms. The van der Waals surface area contributed by atoms with Crippen molar-refractivity contribution in [2.45, 2.75) is 25.9 Å². The highest BCUT2D eigenvalue weighted by atomic mass is 32.1. The summed E-state index contributed by atoms with van der Waals surface area (Å²) >= 11 is 1.54. The Hall–Kier alpha value is -1.13. The molecule has 1 aromatic heterocycles. The van der Waals surface area contributed by atoms with Gasteiger partial charge in [0.05, 0.1) is 6.10 Å². The van der Waals surface area contributed by atoms with Crippen LogP contribution in [0.2, 0.25) is 0 Å². The number of amides is 1. The maximum absolute atomic E-state index is 11.6. The Labute approximate surface area is 105 Å². The number of aliphatic hydroxyl groups is 1. The van der Waals surface area contributed by atoms with Crippen LogP contribution in [0.15, 0.2) is 28.5 Å². The Morgan fingerprint density at radius 3 is 3.06 bits per heavy atom. The molecular weight excluding hydrogens is 234 g/mol. The van der Waals surface area contributed by atoms with Crippen LogP contribution in [0, 0.1) is 5.92 Å². The molecule has 2 rings (SSSR count). The zero-order valence-electron chi connectivity index (χ0n) is 9.85. The number of nitrogens with one attached hydrogen (secondary N) is 1. The standard InChI is InChI=1S/C13H17NO2S/c1-9(10-2-3-10)6-13(16)14-7-12(15)11-4-5-17-8-11/h4-6,8,10,12,15H,2-3,7H2,1H3,(H,14,16)/b9-6-. The summed E-state index contributed by atoms with van der Waals surface area (Å²) in [4.78, 5) is 11.6. The molecule has 0 aliphatic heterocycles. The molecule has 1 aliphatic rings. The van der Waals surface area contributed by atoms with E-state index in [-0.39, 0.29) is 12.5 Å². The van der Waals surface area contributed by atoms with E-state index in [1.54, 1.807) is 17.4 Å². The number of aliphatic hydroxyl groups excluding tert-OH is 1. The first-order valence-electron chi connectivity index (χ1n) is 5.83. The summed E-state index contributed by atoms with van der Waals surface area (Å²) in [5.41, 5.74) is 2.01. The third-order valence-electron chi connectivity index (χ3n) is 2.98. The lowest BCUT2D eigenvalue weighted by atomic mass is 10.1. The summed E-state index contributed by atoms with van der Waals surface area (Å²) in [6, 6.07) is 1.87. The number of carbonyl (C=O) groups is 1. The second-order valence-corrected chi connectivity index (χ2v) is 5.26. The molecule has 1 atom stereocenters. The minimum Gasteiger partial charge on any atom is -0.387 e. The number of hydrogen-bond acceptors (Lipinski definition) is 3. The molecule has 0 radical (unpaired) electrons. The van der Waals surface area contributed by atoms with Gasteiger partial charge in [0.2, 0.25) is 5.91 Å². The second kappa shape index (κ2) is 5.47. The molecule has 1 fully saturated rings. The highest BCUT2D eigenvalue weighted by molar-refractivity contribution is 7.07. The maximum atomic E-state index is 11.6. The van der Waals surface area contributed by atoms with Gasteiger partial charge in [-0.1, -0.05) is 5.57 Å². The molecule has 1 aromatic rings. The van der Waals surface area contributed by atoms with Crippen LogP contribution in [0.1, 0.15) is 31.4 Å². The topological polar surface area (TPSA) is 49.3 Å².